The van der Waals surface area contributed by atoms with Gasteiger partial charge in [0.15, 0.2) is 0 Å². The third-order valence-electron chi connectivity index (χ3n) is 3.20. The molecule has 2 atom stereocenters. The highest BCUT2D eigenvalue weighted by Crippen LogP contribution is 2.24. The molecule has 1 aliphatic heterocycles. The third-order valence-corrected chi connectivity index (χ3v) is 3.20. The Balaban J connectivity index is 2.16. The average Bonchev–Trinajstić information content (AvgIpc) is 2.74. The van der Waals surface area contributed by atoms with E-state index in [-0.39, 0.29) is 12.7 Å². The Morgan fingerprint density at radius 3 is 3.06 bits per heavy atom. The first-order valence-electron chi connectivity index (χ1n) is 5.62. The van der Waals surface area contributed by atoms with Crippen LogP contribution in [0.2, 0.25) is 0 Å². The van der Waals surface area contributed by atoms with Crippen LogP contribution in [0.25, 0.3) is 0 Å². The van der Waals surface area contributed by atoms with Crippen molar-refractivity contribution in [3.63, 3.8) is 0 Å². The maximum absolute atomic E-state index is 9.06. The minimum atomic E-state index is -0.0155. The lowest BCUT2D eigenvalue weighted by Gasteiger charge is -2.28. The molecule has 1 fully saturated rings. The van der Waals surface area contributed by atoms with Gasteiger partial charge in [0, 0.05) is 25.5 Å². The summed E-state index contributed by atoms with van der Waals surface area (Å²) in [7, 11) is 2.06. The Hall–Kier alpha value is -1.13. The van der Waals surface area contributed by atoms with Crippen molar-refractivity contribution in [3.8, 4) is 0 Å². The summed E-state index contributed by atoms with van der Waals surface area (Å²) in [6.07, 6.45) is 3.04. The molecule has 1 saturated heterocycles. The van der Waals surface area contributed by atoms with E-state index in [1.165, 1.54) is 0 Å². The number of anilines is 1. The van der Waals surface area contributed by atoms with Crippen LogP contribution in [0.15, 0.2) is 18.3 Å². The number of nitrogens with zero attached hydrogens (tertiary/aromatic N) is 2. The molecule has 4 nitrogen and oxygen atoms in total. The normalized spacial score (nSPS) is 24.7. The van der Waals surface area contributed by atoms with Crippen LogP contribution in [-0.2, 0) is 11.3 Å². The Morgan fingerprint density at radius 1 is 1.62 bits per heavy atom. The molecule has 0 spiro atoms. The topological polar surface area (TPSA) is 45.6 Å². The number of hydrogen-bond acceptors (Lipinski definition) is 4. The molecule has 4 heteroatoms. The van der Waals surface area contributed by atoms with Gasteiger partial charge in [-0.25, -0.2) is 0 Å². The van der Waals surface area contributed by atoms with Gasteiger partial charge >= 0.3 is 0 Å². The van der Waals surface area contributed by atoms with Crippen LogP contribution in [0.4, 0.5) is 5.69 Å². The maximum Gasteiger partial charge on any atom is 0.0853 e. The fourth-order valence-corrected chi connectivity index (χ4v) is 2.19. The van der Waals surface area contributed by atoms with E-state index in [4.69, 9.17) is 9.84 Å². The summed E-state index contributed by atoms with van der Waals surface area (Å²) in [5.74, 6) is 0. The molecule has 0 amide bonds. The van der Waals surface area contributed by atoms with Gasteiger partial charge in [-0.15, -0.1) is 0 Å². The number of aromatic nitrogens is 1. The summed E-state index contributed by atoms with van der Waals surface area (Å²) in [5.41, 5.74) is 1.79. The fraction of sp³-hybridized carbons (Fsp3) is 0.583. The van der Waals surface area contributed by atoms with E-state index in [0.717, 1.165) is 18.7 Å². The molecule has 2 rings (SSSR count). The molecule has 0 radical (unpaired) electrons. The Kier molecular flexibility index (Phi) is 3.41. The first-order chi connectivity index (χ1) is 7.72. The molecule has 0 bridgehead atoms. The highest BCUT2D eigenvalue weighted by atomic mass is 16.5. The van der Waals surface area contributed by atoms with Gasteiger partial charge in [-0.05, 0) is 25.5 Å². The molecule has 0 aliphatic carbocycles. The minimum absolute atomic E-state index is 0.0155. The molecular formula is C12H18N2O2. The van der Waals surface area contributed by atoms with E-state index >= 15 is 0 Å². The van der Waals surface area contributed by atoms with Gasteiger partial charge in [0.1, 0.15) is 0 Å². The predicted octanol–water partition coefficient (Wildman–Crippen LogP) is 1.19. The van der Waals surface area contributed by atoms with Gasteiger partial charge < -0.3 is 14.7 Å². The number of hydrogen-bond donors (Lipinski definition) is 1. The first kappa shape index (κ1) is 11.4. The van der Waals surface area contributed by atoms with Crippen molar-refractivity contribution in [2.24, 2.45) is 0 Å². The Morgan fingerprint density at radius 2 is 2.44 bits per heavy atom. The Labute approximate surface area is 95.9 Å². The number of ether oxygens (including phenoxy) is 1. The van der Waals surface area contributed by atoms with Crippen molar-refractivity contribution in [1.29, 1.82) is 0 Å². The summed E-state index contributed by atoms with van der Waals surface area (Å²) in [4.78, 5) is 6.28. The molecule has 1 aromatic rings. The highest BCUT2D eigenvalue weighted by molar-refractivity contribution is 5.47. The van der Waals surface area contributed by atoms with Crippen LogP contribution in [0.1, 0.15) is 19.0 Å². The predicted molar refractivity (Wildman–Crippen MR) is 62.4 cm³/mol. The zero-order chi connectivity index (χ0) is 11.5. The van der Waals surface area contributed by atoms with Crippen LogP contribution in [-0.4, -0.2) is 35.9 Å². The molecule has 88 valence electrons. The van der Waals surface area contributed by atoms with Crippen LogP contribution in [0.3, 0.4) is 0 Å². The highest BCUT2D eigenvalue weighted by Gasteiger charge is 2.28. The standard InChI is InChI=1S/C12H18N2O2/c1-9-12(4-6-16-9)14(2)11-3-5-13-10(7-11)8-15/h3,5,7,9,12,15H,4,6,8H2,1-2H3. The Bertz CT molecular complexity index is 357. The van der Waals surface area contributed by atoms with Gasteiger partial charge in [-0.3, -0.25) is 4.98 Å². The van der Waals surface area contributed by atoms with Crippen LogP contribution >= 0.6 is 0 Å². The lowest BCUT2D eigenvalue weighted by Crippen LogP contribution is -2.36. The van der Waals surface area contributed by atoms with E-state index in [9.17, 15) is 0 Å². The van der Waals surface area contributed by atoms with Gasteiger partial charge in [-0.2, -0.15) is 0 Å². The number of aliphatic hydroxyl groups is 1. The number of likely N-dealkylation sites (N-methyl/N-ethyl adjacent to an activating group) is 1. The second-order valence-corrected chi connectivity index (χ2v) is 4.21. The number of rotatable bonds is 3. The summed E-state index contributed by atoms with van der Waals surface area (Å²) < 4.78 is 5.56. The van der Waals surface area contributed by atoms with E-state index in [1.807, 2.05) is 12.1 Å². The second kappa shape index (κ2) is 4.80. The van der Waals surface area contributed by atoms with Crippen molar-refractivity contribution < 1.29 is 9.84 Å². The molecule has 2 heterocycles. The molecule has 0 saturated carbocycles. The van der Waals surface area contributed by atoms with E-state index in [1.54, 1.807) is 6.20 Å². The van der Waals surface area contributed by atoms with E-state index in [2.05, 4.69) is 23.9 Å². The quantitative estimate of drug-likeness (QED) is 0.834. The molecular weight excluding hydrogens is 204 g/mol. The third kappa shape index (κ3) is 2.18. The van der Waals surface area contributed by atoms with E-state index in [0.29, 0.717) is 11.7 Å². The zero-order valence-electron chi connectivity index (χ0n) is 9.76. The molecule has 1 aliphatic rings. The molecule has 1 N–H and O–H groups in total. The molecule has 0 aromatic carbocycles. The van der Waals surface area contributed by atoms with Crippen LogP contribution in [0, 0.1) is 0 Å². The van der Waals surface area contributed by atoms with Gasteiger partial charge in [0.25, 0.3) is 0 Å². The van der Waals surface area contributed by atoms with Crippen molar-refractivity contribution in [1.82, 2.24) is 4.98 Å². The van der Waals surface area contributed by atoms with Gasteiger partial charge in [0.05, 0.1) is 24.4 Å². The van der Waals surface area contributed by atoms with Gasteiger partial charge in [-0.1, -0.05) is 0 Å². The molecule has 1 aromatic heterocycles. The first-order valence-corrected chi connectivity index (χ1v) is 5.62. The maximum atomic E-state index is 9.06. The van der Waals surface area contributed by atoms with Crippen molar-refractivity contribution >= 4 is 5.69 Å². The summed E-state index contributed by atoms with van der Waals surface area (Å²) >= 11 is 0. The lowest BCUT2D eigenvalue weighted by molar-refractivity contribution is 0.118. The number of pyridine rings is 1. The van der Waals surface area contributed by atoms with Crippen molar-refractivity contribution in [2.45, 2.75) is 32.1 Å². The van der Waals surface area contributed by atoms with Gasteiger partial charge in [0.2, 0.25) is 0 Å². The van der Waals surface area contributed by atoms with E-state index < -0.39 is 0 Å². The summed E-state index contributed by atoms with van der Waals surface area (Å²) in [6.45, 7) is 2.91. The SMILES string of the molecule is CC1OCCC1N(C)c1ccnc(CO)c1. The van der Waals surface area contributed by atoms with Crippen molar-refractivity contribution in [2.75, 3.05) is 18.6 Å². The molecule has 16 heavy (non-hydrogen) atoms. The summed E-state index contributed by atoms with van der Waals surface area (Å²) in [6, 6.07) is 4.30. The molecule has 2 unspecified atom stereocenters. The second-order valence-electron chi connectivity index (χ2n) is 4.21. The fourth-order valence-electron chi connectivity index (χ4n) is 2.19. The van der Waals surface area contributed by atoms with Crippen LogP contribution < -0.4 is 4.90 Å². The smallest absolute Gasteiger partial charge is 0.0853 e. The zero-order valence-corrected chi connectivity index (χ0v) is 9.76. The number of aliphatic hydroxyl groups excluding tert-OH is 1. The lowest BCUT2D eigenvalue weighted by atomic mass is 10.1. The van der Waals surface area contributed by atoms with Crippen LogP contribution in [0.5, 0.6) is 0 Å². The van der Waals surface area contributed by atoms with Crippen molar-refractivity contribution in [3.05, 3.63) is 24.0 Å². The average molecular weight is 222 g/mol. The minimum Gasteiger partial charge on any atom is -0.390 e. The largest absolute Gasteiger partial charge is 0.390 e. The monoisotopic (exact) mass is 222 g/mol. The summed E-state index contributed by atoms with van der Waals surface area (Å²) in [5, 5.41) is 9.06.